The predicted molar refractivity (Wildman–Crippen MR) is 83.1 cm³/mol. The van der Waals surface area contributed by atoms with E-state index in [-0.39, 0.29) is 11.9 Å². The fourth-order valence-corrected chi connectivity index (χ4v) is 2.26. The molecule has 0 saturated carbocycles. The molecule has 1 atom stereocenters. The first kappa shape index (κ1) is 15.1. The number of carbonyl (C=O) groups is 1. The van der Waals surface area contributed by atoms with Gasteiger partial charge in [0.1, 0.15) is 5.76 Å². The molecule has 106 valence electrons. The van der Waals surface area contributed by atoms with Crippen LogP contribution < -0.4 is 5.32 Å². The van der Waals surface area contributed by atoms with Gasteiger partial charge in [0.25, 0.3) is 5.91 Å². The highest BCUT2D eigenvalue weighted by Crippen LogP contribution is 2.23. The van der Waals surface area contributed by atoms with Gasteiger partial charge in [0.05, 0.1) is 11.3 Å². The third-order valence-corrected chi connectivity index (χ3v) is 4.20. The standard InChI is InChI=1S/C15H15BrClNO2/c1-10(4-6-12-3-2-8-20-12)18-15(19)11-5-7-13(16)14(17)9-11/h2-3,5,7-10H,4,6H2,1H3,(H,18,19). The third kappa shape index (κ3) is 4.12. The number of amides is 1. The van der Waals surface area contributed by atoms with Crippen molar-refractivity contribution in [1.82, 2.24) is 5.32 Å². The fraction of sp³-hybridized carbons (Fsp3) is 0.267. The average molecular weight is 357 g/mol. The Bertz CT molecular complexity index is 584. The van der Waals surface area contributed by atoms with Crippen LogP contribution in [0.1, 0.15) is 29.5 Å². The molecule has 3 nitrogen and oxygen atoms in total. The second-order valence-electron chi connectivity index (χ2n) is 4.62. The van der Waals surface area contributed by atoms with E-state index >= 15 is 0 Å². The summed E-state index contributed by atoms with van der Waals surface area (Å²) < 4.78 is 6.05. The number of nitrogens with one attached hydrogen (secondary N) is 1. The highest BCUT2D eigenvalue weighted by Gasteiger charge is 2.11. The van der Waals surface area contributed by atoms with Crippen molar-refractivity contribution >= 4 is 33.4 Å². The van der Waals surface area contributed by atoms with Crippen LogP contribution in [0.2, 0.25) is 5.02 Å². The highest BCUT2D eigenvalue weighted by atomic mass is 79.9. The number of halogens is 2. The molecule has 1 aromatic heterocycles. The number of aryl methyl sites for hydroxylation is 1. The summed E-state index contributed by atoms with van der Waals surface area (Å²) in [5, 5.41) is 3.48. The Balaban J connectivity index is 1.88. The third-order valence-electron chi connectivity index (χ3n) is 2.96. The van der Waals surface area contributed by atoms with Crippen molar-refractivity contribution in [3.63, 3.8) is 0 Å². The van der Waals surface area contributed by atoms with Gasteiger partial charge in [-0.1, -0.05) is 11.6 Å². The normalized spacial score (nSPS) is 12.2. The van der Waals surface area contributed by atoms with E-state index in [4.69, 9.17) is 16.0 Å². The Morgan fingerprint density at radius 1 is 1.45 bits per heavy atom. The van der Waals surface area contributed by atoms with Gasteiger partial charge >= 0.3 is 0 Å². The molecule has 0 radical (unpaired) electrons. The van der Waals surface area contributed by atoms with Crippen molar-refractivity contribution in [2.45, 2.75) is 25.8 Å². The van der Waals surface area contributed by atoms with E-state index in [0.717, 1.165) is 23.1 Å². The van der Waals surface area contributed by atoms with Gasteiger partial charge < -0.3 is 9.73 Å². The quantitative estimate of drug-likeness (QED) is 0.860. The number of hydrogen-bond acceptors (Lipinski definition) is 2. The van der Waals surface area contributed by atoms with Gasteiger partial charge in [0, 0.05) is 22.5 Å². The molecule has 2 rings (SSSR count). The first-order valence-corrected chi connectivity index (χ1v) is 7.51. The van der Waals surface area contributed by atoms with Crippen molar-refractivity contribution < 1.29 is 9.21 Å². The molecule has 1 aromatic carbocycles. The van der Waals surface area contributed by atoms with E-state index < -0.39 is 0 Å². The van der Waals surface area contributed by atoms with Crippen molar-refractivity contribution in [2.75, 3.05) is 0 Å². The molecule has 0 saturated heterocycles. The number of hydrogen-bond donors (Lipinski definition) is 1. The molecule has 1 unspecified atom stereocenters. The average Bonchev–Trinajstić information content (AvgIpc) is 2.92. The van der Waals surface area contributed by atoms with E-state index in [1.54, 1.807) is 24.5 Å². The molecule has 2 aromatic rings. The Labute approximate surface area is 131 Å². The van der Waals surface area contributed by atoms with Gasteiger partial charge in [0.15, 0.2) is 0 Å². The molecule has 0 bridgehead atoms. The van der Waals surface area contributed by atoms with E-state index in [1.807, 2.05) is 19.1 Å². The van der Waals surface area contributed by atoms with Crippen LogP contribution in [0, 0.1) is 0 Å². The van der Waals surface area contributed by atoms with Crippen LogP contribution in [0.15, 0.2) is 45.5 Å². The van der Waals surface area contributed by atoms with Crippen molar-refractivity contribution in [1.29, 1.82) is 0 Å². The molecule has 0 aliphatic carbocycles. The minimum atomic E-state index is -0.119. The summed E-state index contributed by atoms with van der Waals surface area (Å²) in [7, 11) is 0. The maximum atomic E-state index is 12.1. The topological polar surface area (TPSA) is 42.2 Å². The maximum Gasteiger partial charge on any atom is 0.251 e. The minimum Gasteiger partial charge on any atom is -0.469 e. The lowest BCUT2D eigenvalue weighted by Gasteiger charge is -2.13. The fourth-order valence-electron chi connectivity index (χ4n) is 1.83. The lowest BCUT2D eigenvalue weighted by molar-refractivity contribution is 0.0938. The SMILES string of the molecule is CC(CCc1ccco1)NC(=O)c1ccc(Br)c(Cl)c1. The second kappa shape index (κ2) is 6.95. The molecule has 0 aliphatic rings. The first-order valence-electron chi connectivity index (χ1n) is 6.34. The molecule has 1 amide bonds. The van der Waals surface area contributed by atoms with Crippen LogP contribution in [-0.2, 0) is 6.42 Å². The molecule has 20 heavy (non-hydrogen) atoms. The number of furan rings is 1. The summed E-state index contributed by atoms with van der Waals surface area (Å²) in [5.74, 6) is 0.809. The van der Waals surface area contributed by atoms with Crippen LogP contribution >= 0.6 is 27.5 Å². The smallest absolute Gasteiger partial charge is 0.251 e. The van der Waals surface area contributed by atoms with E-state index in [0.29, 0.717) is 10.6 Å². The minimum absolute atomic E-state index is 0.0648. The molecule has 0 aliphatic heterocycles. The molecular weight excluding hydrogens is 342 g/mol. The molecule has 5 heteroatoms. The van der Waals surface area contributed by atoms with Crippen molar-refractivity contribution in [2.24, 2.45) is 0 Å². The van der Waals surface area contributed by atoms with E-state index in [2.05, 4.69) is 21.2 Å². The zero-order chi connectivity index (χ0) is 14.5. The number of benzene rings is 1. The number of rotatable bonds is 5. The molecule has 1 N–H and O–H groups in total. The zero-order valence-corrected chi connectivity index (χ0v) is 13.4. The molecular formula is C15H15BrClNO2. The Morgan fingerprint density at radius 2 is 2.25 bits per heavy atom. The van der Waals surface area contributed by atoms with Crippen molar-refractivity contribution in [3.8, 4) is 0 Å². The Hall–Kier alpha value is -1.26. The van der Waals surface area contributed by atoms with Gasteiger partial charge in [-0.2, -0.15) is 0 Å². The van der Waals surface area contributed by atoms with Gasteiger partial charge in [0.2, 0.25) is 0 Å². The van der Waals surface area contributed by atoms with Crippen LogP contribution in [0.3, 0.4) is 0 Å². The molecule has 0 spiro atoms. The lowest BCUT2D eigenvalue weighted by Crippen LogP contribution is -2.32. The van der Waals surface area contributed by atoms with Gasteiger partial charge in [-0.25, -0.2) is 0 Å². The first-order chi connectivity index (χ1) is 9.56. The highest BCUT2D eigenvalue weighted by molar-refractivity contribution is 9.10. The van der Waals surface area contributed by atoms with E-state index in [9.17, 15) is 4.79 Å². The lowest BCUT2D eigenvalue weighted by atomic mass is 10.1. The Morgan fingerprint density at radius 3 is 2.90 bits per heavy atom. The van der Waals surface area contributed by atoms with Crippen molar-refractivity contribution in [3.05, 3.63) is 57.4 Å². The molecule has 0 fully saturated rings. The van der Waals surface area contributed by atoms with Crippen LogP contribution in [-0.4, -0.2) is 11.9 Å². The second-order valence-corrected chi connectivity index (χ2v) is 5.88. The molecule has 1 heterocycles. The zero-order valence-electron chi connectivity index (χ0n) is 11.0. The summed E-state index contributed by atoms with van der Waals surface area (Å²) in [5.41, 5.74) is 0.558. The predicted octanol–water partition coefficient (Wildman–Crippen LogP) is 4.45. The van der Waals surface area contributed by atoms with Gasteiger partial charge in [-0.3, -0.25) is 4.79 Å². The van der Waals surface area contributed by atoms with Crippen LogP contribution in [0.25, 0.3) is 0 Å². The summed E-state index contributed by atoms with van der Waals surface area (Å²) in [6.45, 7) is 1.97. The maximum absolute atomic E-state index is 12.1. The van der Waals surface area contributed by atoms with Gasteiger partial charge in [-0.15, -0.1) is 0 Å². The van der Waals surface area contributed by atoms with Crippen LogP contribution in [0.4, 0.5) is 0 Å². The monoisotopic (exact) mass is 355 g/mol. The number of carbonyl (C=O) groups excluding carboxylic acids is 1. The summed E-state index contributed by atoms with van der Waals surface area (Å²) in [6, 6.07) is 9.02. The summed E-state index contributed by atoms with van der Waals surface area (Å²) in [4.78, 5) is 12.1. The van der Waals surface area contributed by atoms with Crippen LogP contribution in [0.5, 0.6) is 0 Å². The summed E-state index contributed by atoms with van der Waals surface area (Å²) >= 11 is 9.29. The summed E-state index contributed by atoms with van der Waals surface area (Å²) in [6.07, 6.45) is 3.28. The Kier molecular flexibility index (Phi) is 5.26. The van der Waals surface area contributed by atoms with E-state index in [1.165, 1.54) is 0 Å². The largest absolute Gasteiger partial charge is 0.469 e. The van der Waals surface area contributed by atoms with Gasteiger partial charge in [-0.05, 0) is 59.6 Å².